The molecule has 6 heteroatoms. The van der Waals surface area contributed by atoms with Crippen LogP contribution in [-0.4, -0.2) is 41.2 Å². The fourth-order valence-corrected chi connectivity index (χ4v) is 3.60. The van der Waals surface area contributed by atoms with E-state index in [0.29, 0.717) is 13.0 Å². The van der Waals surface area contributed by atoms with Crippen molar-refractivity contribution in [2.24, 2.45) is 0 Å². The quantitative estimate of drug-likeness (QED) is 0.748. The number of hydrogen-bond acceptors (Lipinski definition) is 5. The summed E-state index contributed by atoms with van der Waals surface area (Å²) in [6.45, 7) is 2.13. The van der Waals surface area contributed by atoms with E-state index in [1.54, 1.807) is 0 Å². The van der Waals surface area contributed by atoms with Crippen molar-refractivity contribution in [1.82, 2.24) is 10.2 Å². The number of alkyl carbamates (subject to hydrolysis) is 1. The van der Waals surface area contributed by atoms with Gasteiger partial charge in [0.05, 0.1) is 18.1 Å². The molecule has 0 saturated carbocycles. The molecule has 0 radical (unpaired) electrons. The van der Waals surface area contributed by atoms with Crippen molar-refractivity contribution in [3.8, 4) is 0 Å². The number of benzene rings is 2. The van der Waals surface area contributed by atoms with Crippen molar-refractivity contribution in [2.45, 2.75) is 44.6 Å². The zero-order valence-corrected chi connectivity index (χ0v) is 15.8. The van der Waals surface area contributed by atoms with Gasteiger partial charge < -0.3 is 14.8 Å². The van der Waals surface area contributed by atoms with E-state index in [0.717, 1.165) is 17.4 Å². The number of aldehydes is 1. The topological polar surface area (TPSA) is 75.7 Å². The molecule has 1 aliphatic heterocycles. The number of ether oxygens (including phenoxy) is 1. The Hall–Kier alpha value is -2.99. The number of carbonyl (C=O) groups is 3. The van der Waals surface area contributed by atoms with Crippen molar-refractivity contribution >= 4 is 18.2 Å². The first-order chi connectivity index (χ1) is 13.6. The first-order valence-corrected chi connectivity index (χ1v) is 9.31. The lowest BCUT2D eigenvalue weighted by molar-refractivity contribution is -0.122. The fraction of sp³-hybridized carbons (Fsp3) is 0.318. The normalized spacial score (nSPS) is 21.8. The minimum absolute atomic E-state index is 0.0234. The van der Waals surface area contributed by atoms with Gasteiger partial charge in [0, 0.05) is 6.54 Å². The van der Waals surface area contributed by atoms with Gasteiger partial charge in [0.2, 0.25) is 0 Å². The predicted octanol–water partition coefficient (Wildman–Crippen LogP) is 2.71. The summed E-state index contributed by atoms with van der Waals surface area (Å²) in [6.07, 6.45) is 0.588. The first kappa shape index (κ1) is 19.8. The first-order valence-electron chi connectivity index (χ1n) is 9.31. The summed E-state index contributed by atoms with van der Waals surface area (Å²) in [5.74, 6) is -0.0234. The van der Waals surface area contributed by atoms with Crippen molar-refractivity contribution in [1.29, 1.82) is 0 Å². The molecular weight excluding hydrogens is 356 g/mol. The van der Waals surface area contributed by atoms with Crippen LogP contribution in [0.1, 0.15) is 24.5 Å². The third-order valence-electron chi connectivity index (χ3n) is 5.01. The van der Waals surface area contributed by atoms with Crippen LogP contribution in [0.3, 0.4) is 0 Å². The maximum atomic E-state index is 12.2. The average molecular weight is 380 g/mol. The Labute approximate surface area is 164 Å². The molecule has 0 aliphatic carbocycles. The van der Waals surface area contributed by atoms with E-state index >= 15 is 0 Å². The Kier molecular flexibility index (Phi) is 6.55. The third-order valence-corrected chi connectivity index (χ3v) is 5.01. The maximum Gasteiger partial charge on any atom is 0.407 e. The molecular formula is C22H24N2O4. The van der Waals surface area contributed by atoms with Crippen LogP contribution in [0.4, 0.5) is 4.79 Å². The SMILES string of the molecule is CC(=O)[C@H]1C[C@@H](NC(=O)OCc2ccccc2)[C@H](C=O)N1Cc1ccccc1. The molecule has 1 heterocycles. The van der Waals surface area contributed by atoms with E-state index in [9.17, 15) is 14.4 Å². The van der Waals surface area contributed by atoms with Crippen LogP contribution in [0.25, 0.3) is 0 Å². The van der Waals surface area contributed by atoms with E-state index in [1.807, 2.05) is 65.6 Å². The molecule has 3 atom stereocenters. The number of hydrogen-bond donors (Lipinski definition) is 1. The smallest absolute Gasteiger partial charge is 0.407 e. The van der Waals surface area contributed by atoms with Crippen LogP contribution in [0, 0.1) is 0 Å². The fourth-order valence-electron chi connectivity index (χ4n) is 3.60. The monoisotopic (exact) mass is 380 g/mol. The highest BCUT2D eigenvalue weighted by atomic mass is 16.5. The molecule has 1 amide bonds. The molecule has 0 unspecified atom stereocenters. The average Bonchev–Trinajstić information content (AvgIpc) is 3.05. The zero-order chi connectivity index (χ0) is 19.9. The van der Waals surface area contributed by atoms with Gasteiger partial charge in [-0.1, -0.05) is 60.7 Å². The number of nitrogens with zero attached hydrogens (tertiary/aromatic N) is 1. The number of likely N-dealkylation sites (tertiary alicyclic amines) is 1. The molecule has 0 aromatic heterocycles. The van der Waals surface area contributed by atoms with E-state index in [2.05, 4.69) is 5.32 Å². The second-order valence-corrected chi connectivity index (χ2v) is 6.96. The van der Waals surface area contributed by atoms with Gasteiger partial charge >= 0.3 is 6.09 Å². The lowest BCUT2D eigenvalue weighted by Crippen LogP contribution is -2.47. The van der Waals surface area contributed by atoms with Crippen LogP contribution >= 0.6 is 0 Å². The summed E-state index contributed by atoms with van der Waals surface area (Å²) in [5, 5.41) is 2.76. The van der Waals surface area contributed by atoms with Crippen molar-refractivity contribution in [3.63, 3.8) is 0 Å². The largest absolute Gasteiger partial charge is 0.445 e. The lowest BCUT2D eigenvalue weighted by atomic mass is 10.1. The highest BCUT2D eigenvalue weighted by molar-refractivity contribution is 5.83. The van der Waals surface area contributed by atoms with Crippen LogP contribution in [0.5, 0.6) is 0 Å². The van der Waals surface area contributed by atoms with Gasteiger partial charge in [-0.15, -0.1) is 0 Å². The molecule has 0 spiro atoms. The van der Waals surface area contributed by atoms with Gasteiger partial charge in [0.15, 0.2) is 0 Å². The Bertz CT molecular complexity index is 810. The van der Waals surface area contributed by atoms with Crippen molar-refractivity contribution < 1.29 is 19.1 Å². The number of carbonyl (C=O) groups excluding carboxylic acids is 3. The second-order valence-electron chi connectivity index (χ2n) is 6.96. The number of rotatable bonds is 7. The van der Waals surface area contributed by atoms with Crippen LogP contribution in [0.2, 0.25) is 0 Å². The van der Waals surface area contributed by atoms with E-state index in [1.165, 1.54) is 6.92 Å². The van der Waals surface area contributed by atoms with Gasteiger partial charge in [-0.25, -0.2) is 4.79 Å². The molecule has 2 aromatic carbocycles. The van der Waals surface area contributed by atoms with Gasteiger partial charge in [-0.05, 0) is 24.5 Å². The number of nitrogens with one attached hydrogen (secondary N) is 1. The van der Waals surface area contributed by atoms with E-state index < -0.39 is 24.2 Å². The van der Waals surface area contributed by atoms with Crippen molar-refractivity contribution in [3.05, 3.63) is 71.8 Å². The number of Topliss-reactive ketones (excluding diaryl/α,β-unsaturated/α-hetero) is 1. The van der Waals surface area contributed by atoms with E-state index in [-0.39, 0.29) is 12.4 Å². The summed E-state index contributed by atoms with van der Waals surface area (Å²) in [4.78, 5) is 38.0. The summed E-state index contributed by atoms with van der Waals surface area (Å²) in [6, 6.07) is 17.5. The minimum atomic E-state index is -0.593. The molecule has 3 rings (SSSR count). The molecule has 1 aliphatic rings. The van der Waals surface area contributed by atoms with Gasteiger partial charge in [-0.3, -0.25) is 9.69 Å². The summed E-state index contributed by atoms with van der Waals surface area (Å²) in [5.41, 5.74) is 1.89. The Morgan fingerprint density at radius 1 is 1.07 bits per heavy atom. The molecule has 1 N–H and O–H groups in total. The van der Waals surface area contributed by atoms with E-state index in [4.69, 9.17) is 4.74 Å². The Morgan fingerprint density at radius 3 is 2.25 bits per heavy atom. The Balaban J connectivity index is 1.66. The van der Waals surface area contributed by atoms with Crippen LogP contribution in [-0.2, 0) is 27.5 Å². The molecule has 6 nitrogen and oxygen atoms in total. The molecule has 1 fully saturated rings. The lowest BCUT2D eigenvalue weighted by Gasteiger charge is -2.27. The highest BCUT2D eigenvalue weighted by Crippen LogP contribution is 2.27. The number of ketones is 1. The predicted molar refractivity (Wildman–Crippen MR) is 104 cm³/mol. The van der Waals surface area contributed by atoms with Gasteiger partial charge in [0.25, 0.3) is 0 Å². The van der Waals surface area contributed by atoms with Crippen LogP contribution in [0.15, 0.2) is 60.7 Å². The molecule has 1 saturated heterocycles. The molecule has 146 valence electrons. The van der Waals surface area contributed by atoms with Gasteiger partial charge in [-0.2, -0.15) is 0 Å². The molecule has 0 bridgehead atoms. The molecule has 28 heavy (non-hydrogen) atoms. The maximum absolute atomic E-state index is 12.2. The summed E-state index contributed by atoms with van der Waals surface area (Å²) in [7, 11) is 0. The standard InChI is InChI=1S/C22H24N2O4/c1-16(26)20-12-19(23-22(27)28-15-18-10-6-3-7-11-18)21(14-25)24(20)13-17-8-4-2-5-9-17/h2-11,14,19-21H,12-13,15H2,1H3,(H,23,27)/t19-,20-,21+/m1/s1. The summed E-state index contributed by atoms with van der Waals surface area (Å²) < 4.78 is 5.26. The molecule has 2 aromatic rings. The highest BCUT2D eigenvalue weighted by Gasteiger charge is 2.43. The number of amides is 1. The third kappa shape index (κ3) is 4.84. The van der Waals surface area contributed by atoms with Gasteiger partial charge in [0.1, 0.15) is 18.7 Å². The second kappa shape index (κ2) is 9.28. The minimum Gasteiger partial charge on any atom is -0.445 e. The van der Waals surface area contributed by atoms with Crippen molar-refractivity contribution in [2.75, 3.05) is 0 Å². The van der Waals surface area contributed by atoms with Crippen LogP contribution < -0.4 is 5.32 Å². The summed E-state index contributed by atoms with van der Waals surface area (Å²) >= 11 is 0. The zero-order valence-electron chi connectivity index (χ0n) is 15.8. The Morgan fingerprint density at radius 2 is 1.68 bits per heavy atom.